The van der Waals surface area contributed by atoms with E-state index in [1.807, 2.05) is 0 Å². The second-order valence-electron chi connectivity index (χ2n) is 8.77. The van der Waals surface area contributed by atoms with E-state index in [9.17, 15) is 39.3 Å². The van der Waals surface area contributed by atoms with Crippen molar-refractivity contribution in [1.82, 2.24) is 0 Å². The summed E-state index contributed by atoms with van der Waals surface area (Å²) in [6, 6.07) is 0. The number of ketones is 4. The van der Waals surface area contributed by atoms with Gasteiger partial charge in [0.25, 0.3) is 0 Å². The van der Waals surface area contributed by atoms with Crippen LogP contribution < -0.4 is 17.2 Å². The summed E-state index contributed by atoms with van der Waals surface area (Å²) in [6.07, 6.45) is -0.846. The van der Waals surface area contributed by atoms with E-state index in [2.05, 4.69) is 0 Å². The van der Waals surface area contributed by atoms with Crippen LogP contribution in [-0.2, 0) is 24.8 Å². The first-order valence-corrected chi connectivity index (χ1v) is 10.1. The molecule has 0 aromatic heterocycles. The number of anilines is 2. The number of nitrogen functional groups attached to an aromatic ring is 2. The van der Waals surface area contributed by atoms with Gasteiger partial charge < -0.3 is 32.5 Å². The average Bonchev–Trinajstić information content (AvgIpc) is 2.69. The highest BCUT2D eigenvalue weighted by molar-refractivity contribution is 6.37. The molecule has 1 amide bonds. The van der Waals surface area contributed by atoms with Gasteiger partial charge in [0.2, 0.25) is 5.91 Å². The number of primary amides is 1. The Hall–Kier alpha value is -3.02. The summed E-state index contributed by atoms with van der Waals surface area (Å²) in [5.41, 5.74) is 10.5. The van der Waals surface area contributed by atoms with Crippen LogP contribution in [0.1, 0.15) is 35.7 Å². The number of fused-ring (bicyclic) bond motifs is 3. The van der Waals surface area contributed by atoms with Crippen LogP contribution in [0.5, 0.6) is 5.75 Å². The molecule has 0 saturated heterocycles. The number of phenols is 1. The Bertz CT molecular complexity index is 1160. The quantitative estimate of drug-likeness (QED) is 0.126. The number of halogens is 1. The van der Waals surface area contributed by atoms with E-state index >= 15 is 0 Å². The number of carbonyl (C=O) groups is 5. The normalized spacial score (nSPS) is 36.4. The van der Waals surface area contributed by atoms with E-state index in [1.165, 1.54) is 6.92 Å². The zero-order valence-corrected chi connectivity index (χ0v) is 17.5. The largest absolute Gasteiger partial charge is 0.505 e. The van der Waals surface area contributed by atoms with Gasteiger partial charge in [-0.25, -0.2) is 0 Å². The zero-order chi connectivity index (χ0) is 24.1. The van der Waals surface area contributed by atoms with Gasteiger partial charge in [0.15, 0.2) is 40.4 Å². The molecule has 0 bridgehead atoms. The number of carbonyl (C=O) groups excluding carboxylic acids is 5. The molecule has 170 valence electrons. The number of aliphatic hydroxyl groups is 2. The van der Waals surface area contributed by atoms with E-state index < -0.39 is 87.3 Å². The summed E-state index contributed by atoms with van der Waals surface area (Å²) in [7, 11) is 0. The van der Waals surface area contributed by atoms with Crippen LogP contribution in [0.3, 0.4) is 0 Å². The van der Waals surface area contributed by atoms with Gasteiger partial charge in [0.1, 0.15) is 0 Å². The minimum absolute atomic E-state index is 0.234. The number of amides is 1. The number of aromatic hydroxyl groups is 1. The first kappa shape index (κ1) is 22.2. The zero-order valence-electron chi connectivity index (χ0n) is 16.7. The molecule has 0 heterocycles. The summed E-state index contributed by atoms with van der Waals surface area (Å²) in [5, 5.41) is 32.7. The molecule has 3 aliphatic carbocycles. The summed E-state index contributed by atoms with van der Waals surface area (Å²) < 4.78 is 0. The van der Waals surface area contributed by atoms with Gasteiger partial charge in [-0.2, -0.15) is 0 Å². The van der Waals surface area contributed by atoms with Gasteiger partial charge in [-0.1, -0.05) is 11.6 Å². The summed E-state index contributed by atoms with van der Waals surface area (Å²) in [6.45, 7) is 1.24. The van der Waals surface area contributed by atoms with Crippen LogP contribution in [0.15, 0.2) is 0 Å². The fourth-order valence-electron chi connectivity index (χ4n) is 5.51. The Balaban J connectivity index is 1.95. The van der Waals surface area contributed by atoms with E-state index in [0.717, 1.165) is 0 Å². The molecule has 0 radical (unpaired) electrons. The molecule has 2 fully saturated rings. The number of hydrogen-bond donors (Lipinski definition) is 6. The Morgan fingerprint density at radius 1 is 1.09 bits per heavy atom. The maximum atomic E-state index is 13.4. The van der Waals surface area contributed by atoms with E-state index in [4.69, 9.17) is 28.8 Å². The third-order valence-corrected chi connectivity index (χ3v) is 7.53. The maximum absolute atomic E-state index is 13.4. The minimum atomic E-state index is -2.84. The predicted molar refractivity (Wildman–Crippen MR) is 108 cm³/mol. The molecular formula is C20H20ClN3O8. The third-order valence-electron chi connectivity index (χ3n) is 7.12. The lowest BCUT2D eigenvalue weighted by Gasteiger charge is -2.52. The van der Waals surface area contributed by atoms with Gasteiger partial charge in [-0.3, -0.25) is 24.0 Å². The van der Waals surface area contributed by atoms with Gasteiger partial charge in [0.05, 0.1) is 33.5 Å². The van der Waals surface area contributed by atoms with Crippen molar-refractivity contribution in [2.24, 2.45) is 29.4 Å². The molecule has 2 unspecified atom stereocenters. The molecule has 1 aromatic rings. The molecule has 11 nitrogen and oxygen atoms in total. The lowest BCUT2D eigenvalue weighted by Crippen LogP contribution is -2.70. The Kier molecular flexibility index (Phi) is 4.51. The Morgan fingerprint density at radius 2 is 1.69 bits per heavy atom. The van der Waals surface area contributed by atoms with Crippen LogP contribution in [0.25, 0.3) is 0 Å². The van der Waals surface area contributed by atoms with Crippen molar-refractivity contribution < 1.29 is 39.3 Å². The van der Waals surface area contributed by atoms with Crippen LogP contribution in [0.4, 0.5) is 11.4 Å². The Labute approximate surface area is 185 Å². The van der Waals surface area contributed by atoms with Crippen molar-refractivity contribution >= 4 is 52.0 Å². The standard InChI is InChI=1S/C20H20ClN3O8/c1-19(31)5-2-4-3-6(25)8(18(24)30)17(29)20(4,32)16(28)7(5)14(26)9-10(19)12(22)11(21)13(23)15(9)27/h4-5,7-8,27,31-32H,2-3,22-23H2,1H3,(H2,24,30)/t4-,5-,7?,8?,19+,20-/m0/s1. The molecule has 32 heavy (non-hydrogen) atoms. The highest BCUT2D eigenvalue weighted by atomic mass is 35.5. The van der Waals surface area contributed by atoms with Crippen molar-refractivity contribution in [2.45, 2.75) is 31.0 Å². The second-order valence-corrected chi connectivity index (χ2v) is 9.15. The molecule has 3 aliphatic rings. The number of hydrogen-bond acceptors (Lipinski definition) is 10. The average molecular weight is 466 g/mol. The minimum Gasteiger partial charge on any atom is -0.505 e. The van der Waals surface area contributed by atoms with E-state index in [0.29, 0.717) is 0 Å². The van der Waals surface area contributed by atoms with Crippen molar-refractivity contribution in [1.29, 1.82) is 0 Å². The molecule has 0 aliphatic heterocycles. The monoisotopic (exact) mass is 465 g/mol. The van der Waals surface area contributed by atoms with Crippen LogP contribution in [0.2, 0.25) is 5.02 Å². The van der Waals surface area contributed by atoms with Crippen LogP contribution in [0, 0.1) is 23.7 Å². The first-order chi connectivity index (χ1) is 14.7. The van der Waals surface area contributed by atoms with Crippen LogP contribution in [-0.4, -0.2) is 50.0 Å². The van der Waals surface area contributed by atoms with Crippen molar-refractivity contribution in [3.63, 3.8) is 0 Å². The fraction of sp³-hybridized carbons (Fsp3) is 0.450. The third kappa shape index (κ3) is 2.41. The molecule has 4 rings (SSSR count). The van der Waals surface area contributed by atoms with Crippen LogP contribution >= 0.6 is 11.6 Å². The van der Waals surface area contributed by atoms with E-state index in [1.54, 1.807) is 0 Å². The SMILES string of the molecule is C[C@]1(O)c2c(N)c(Cl)c(N)c(O)c2C(=O)C2C(=O)[C@]3(O)C(=O)C(C(N)=O)C(=O)C[C@@H]3C[C@@H]21. The van der Waals surface area contributed by atoms with Crippen molar-refractivity contribution in [3.05, 3.63) is 16.1 Å². The highest BCUT2D eigenvalue weighted by Gasteiger charge is 2.69. The summed E-state index contributed by atoms with van der Waals surface area (Å²) >= 11 is 6.04. The molecule has 6 atom stereocenters. The van der Waals surface area contributed by atoms with Gasteiger partial charge in [-0.15, -0.1) is 0 Å². The van der Waals surface area contributed by atoms with E-state index in [-0.39, 0.29) is 22.7 Å². The summed E-state index contributed by atoms with van der Waals surface area (Å²) in [5.74, 6) is -13.0. The first-order valence-electron chi connectivity index (χ1n) is 9.68. The van der Waals surface area contributed by atoms with Crippen molar-refractivity contribution in [2.75, 3.05) is 11.5 Å². The number of rotatable bonds is 1. The number of benzene rings is 1. The number of nitrogens with two attached hydrogens (primary N) is 3. The topological polar surface area (TPSA) is 224 Å². The molecule has 9 N–H and O–H groups in total. The lowest BCUT2D eigenvalue weighted by atomic mass is 9.50. The maximum Gasteiger partial charge on any atom is 0.235 e. The lowest BCUT2D eigenvalue weighted by molar-refractivity contribution is -0.182. The number of Topliss-reactive ketones (excluding diaryl/α,β-unsaturated/α-hetero) is 4. The molecular weight excluding hydrogens is 446 g/mol. The van der Waals surface area contributed by atoms with Gasteiger partial charge in [-0.05, 0) is 13.3 Å². The number of phenolic OH excluding ortho intramolecular Hbond substituents is 1. The smallest absolute Gasteiger partial charge is 0.235 e. The van der Waals surface area contributed by atoms with Gasteiger partial charge in [0, 0.05) is 23.8 Å². The predicted octanol–water partition coefficient (Wildman–Crippen LogP) is -1.19. The Morgan fingerprint density at radius 3 is 2.25 bits per heavy atom. The molecule has 2 saturated carbocycles. The fourth-order valence-corrected chi connectivity index (χ4v) is 5.70. The van der Waals surface area contributed by atoms with Gasteiger partial charge >= 0.3 is 0 Å². The highest BCUT2D eigenvalue weighted by Crippen LogP contribution is 2.58. The molecule has 12 heteroatoms. The molecule has 1 aromatic carbocycles. The van der Waals surface area contributed by atoms with Crippen molar-refractivity contribution in [3.8, 4) is 5.75 Å². The molecule has 0 spiro atoms. The second kappa shape index (κ2) is 6.50. The summed E-state index contributed by atoms with van der Waals surface area (Å²) in [4.78, 5) is 63.7.